The minimum absolute atomic E-state index is 0.217. The number of carbonyl (C=O) groups excluding carboxylic acids is 1. The molecular weight excluding hydrogens is 349 g/mol. The lowest BCUT2D eigenvalue weighted by Gasteiger charge is -2.14. The minimum Gasteiger partial charge on any atom is -0.352 e. The lowest BCUT2D eigenvalue weighted by Crippen LogP contribution is -2.30. The van der Waals surface area contributed by atoms with Crippen molar-refractivity contribution in [1.29, 1.82) is 0 Å². The molecule has 0 aliphatic heterocycles. The Morgan fingerprint density at radius 3 is 2.77 bits per heavy atom. The topological polar surface area (TPSA) is 46.9 Å². The van der Waals surface area contributed by atoms with Gasteiger partial charge in [0.1, 0.15) is 5.82 Å². The van der Waals surface area contributed by atoms with Gasteiger partial charge in [-0.1, -0.05) is 6.92 Å². The maximum Gasteiger partial charge on any atom is 0.252 e. The highest BCUT2D eigenvalue weighted by molar-refractivity contribution is 9.10. The molecule has 0 fully saturated rings. The molecule has 1 heterocycles. The monoisotopic (exact) mass is 367 g/mol. The van der Waals surface area contributed by atoms with Gasteiger partial charge < -0.3 is 5.32 Å². The Morgan fingerprint density at radius 2 is 2.14 bits per heavy atom. The average molecular weight is 368 g/mol. The van der Waals surface area contributed by atoms with Crippen LogP contribution < -0.4 is 5.32 Å². The molecule has 118 valence electrons. The lowest BCUT2D eigenvalue weighted by atomic mass is 10.1. The van der Waals surface area contributed by atoms with Crippen molar-refractivity contribution in [3.05, 3.63) is 51.5 Å². The Bertz CT molecular complexity index is 684. The number of nitrogens with zero attached hydrogens (tertiary/aromatic N) is 2. The van der Waals surface area contributed by atoms with E-state index in [0.717, 1.165) is 17.9 Å². The maximum atomic E-state index is 13.2. The van der Waals surface area contributed by atoms with Gasteiger partial charge in [-0.3, -0.25) is 9.48 Å². The van der Waals surface area contributed by atoms with Crippen molar-refractivity contribution >= 4 is 21.8 Å². The summed E-state index contributed by atoms with van der Waals surface area (Å²) in [5, 5.41) is 7.24. The Morgan fingerprint density at radius 1 is 1.41 bits per heavy atom. The van der Waals surface area contributed by atoms with Gasteiger partial charge >= 0.3 is 0 Å². The summed E-state index contributed by atoms with van der Waals surface area (Å²) >= 11 is 3.26. The third-order valence-corrected chi connectivity index (χ3v) is 4.06. The summed E-state index contributed by atoms with van der Waals surface area (Å²) < 4.78 is 15.7. The molecule has 4 nitrogen and oxygen atoms in total. The summed E-state index contributed by atoms with van der Waals surface area (Å²) in [5.74, 6) is -0.495. The van der Waals surface area contributed by atoms with Gasteiger partial charge in [0, 0.05) is 23.3 Å². The molecule has 0 aliphatic rings. The quantitative estimate of drug-likeness (QED) is 0.879. The van der Waals surface area contributed by atoms with Gasteiger partial charge in [0.2, 0.25) is 0 Å². The lowest BCUT2D eigenvalue weighted by molar-refractivity contribution is 0.0945. The Labute approximate surface area is 137 Å². The second kappa shape index (κ2) is 7.05. The zero-order valence-electron chi connectivity index (χ0n) is 12.9. The van der Waals surface area contributed by atoms with E-state index >= 15 is 0 Å². The second-order valence-electron chi connectivity index (χ2n) is 5.55. The van der Waals surface area contributed by atoms with Crippen LogP contribution in [0.3, 0.4) is 0 Å². The van der Waals surface area contributed by atoms with Crippen LogP contribution in [0.1, 0.15) is 28.7 Å². The van der Waals surface area contributed by atoms with E-state index in [9.17, 15) is 9.18 Å². The molecule has 0 unspecified atom stereocenters. The van der Waals surface area contributed by atoms with Crippen LogP contribution in [0.25, 0.3) is 0 Å². The zero-order chi connectivity index (χ0) is 16.3. The summed E-state index contributed by atoms with van der Waals surface area (Å²) in [6, 6.07) is 6.09. The van der Waals surface area contributed by atoms with Crippen molar-refractivity contribution in [2.45, 2.75) is 27.3 Å². The zero-order valence-corrected chi connectivity index (χ0v) is 14.4. The molecule has 0 bridgehead atoms. The number of benzene rings is 1. The minimum atomic E-state index is -0.427. The van der Waals surface area contributed by atoms with E-state index < -0.39 is 5.82 Å². The van der Waals surface area contributed by atoms with Crippen molar-refractivity contribution in [3.63, 3.8) is 0 Å². The van der Waals surface area contributed by atoms with E-state index in [1.165, 1.54) is 18.2 Å². The van der Waals surface area contributed by atoms with Crippen LogP contribution in [-0.2, 0) is 6.54 Å². The molecule has 1 aromatic heterocycles. The fraction of sp³-hybridized carbons (Fsp3) is 0.375. The first-order valence-corrected chi connectivity index (χ1v) is 7.90. The molecule has 1 amide bonds. The first kappa shape index (κ1) is 16.7. The molecule has 1 aromatic carbocycles. The van der Waals surface area contributed by atoms with Crippen LogP contribution in [0.15, 0.2) is 28.7 Å². The average Bonchev–Trinajstić information content (AvgIpc) is 2.77. The van der Waals surface area contributed by atoms with Gasteiger partial charge in [-0.15, -0.1) is 0 Å². The van der Waals surface area contributed by atoms with Gasteiger partial charge in [0.05, 0.1) is 11.3 Å². The molecule has 0 radical (unpaired) electrons. The number of hydrogen-bond acceptors (Lipinski definition) is 2. The van der Waals surface area contributed by atoms with Gasteiger partial charge in [-0.05, 0) is 60.0 Å². The fourth-order valence-electron chi connectivity index (χ4n) is 2.25. The van der Waals surface area contributed by atoms with Crippen LogP contribution in [0, 0.1) is 25.6 Å². The summed E-state index contributed by atoms with van der Waals surface area (Å²) in [6.07, 6.45) is 0. The SMILES string of the molecule is Cc1cc(C)n(C[C@H](C)CNC(=O)c2cc(F)ccc2Br)n1. The van der Waals surface area contributed by atoms with Crippen LogP contribution >= 0.6 is 15.9 Å². The predicted octanol–water partition coefficient (Wildman–Crippen LogP) is 3.47. The first-order chi connectivity index (χ1) is 10.4. The molecule has 2 rings (SSSR count). The van der Waals surface area contributed by atoms with Crippen molar-refractivity contribution < 1.29 is 9.18 Å². The molecule has 0 aliphatic carbocycles. The summed E-state index contributed by atoms with van der Waals surface area (Å²) in [7, 11) is 0. The van der Waals surface area contributed by atoms with Crippen LogP contribution in [0.5, 0.6) is 0 Å². The van der Waals surface area contributed by atoms with Crippen molar-refractivity contribution in [1.82, 2.24) is 15.1 Å². The van der Waals surface area contributed by atoms with Crippen LogP contribution in [-0.4, -0.2) is 22.2 Å². The van der Waals surface area contributed by atoms with Crippen molar-refractivity contribution in [3.8, 4) is 0 Å². The molecule has 0 saturated carbocycles. The van der Waals surface area contributed by atoms with E-state index in [2.05, 4.69) is 26.3 Å². The number of nitrogens with one attached hydrogen (secondary N) is 1. The first-order valence-electron chi connectivity index (χ1n) is 7.11. The summed E-state index contributed by atoms with van der Waals surface area (Å²) in [4.78, 5) is 12.1. The number of hydrogen-bond donors (Lipinski definition) is 1. The summed E-state index contributed by atoms with van der Waals surface area (Å²) in [6.45, 7) is 7.23. The van der Waals surface area contributed by atoms with Crippen LogP contribution in [0.4, 0.5) is 4.39 Å². The van der Waals surface area contributed by atoms with Gasteiger partial charge in [-0.25, -0.2) is 4.39 Å². The van der Waals surface area contributed by atoms with E-state index in [4.69, 9.17) is 0 Å². The number of rotatable bonds is 5. The largest absolute Gasteiger partial charge is 0.352 e. The van der Waals surface area contributed by atoms with E-state index in [1.54, 1.807) is 0 Å². The van der Waals surface area contributed by atoms with Crippen LogP contribution in [0.2, 0.25) is 0 Å². The highest BCUT2D eigenvalue weighted by Gasteiger charge is 2.13. The molecular formula is C16H19BrFN3O. The molecule has 1 N–H and O–H groups in total. The normalized spacial score (nSPS) is 12.2. The third kappa shape index (κ3) is 4.16. The van der Waals surface area contributed by atoms with E-state index in [0.29, 0.717) is 16.6 Å². The number of aromatic nitrogens is 2. The predicted molar refractivity (Wildman–Crippen MR) is 87.3 cm³/mol. The van der Waals surface area contributed by atoms with Gasteiger partial charge in [-0.2, -0.15) is 5.10 Å². The maximum absolute atomic E-state index is 13.2. The smallest absolute Gasteiger partial charge is 0.252 e. The molecule has 0 saturated heterocycles. The molecule has 22 heavy (non-hydrogen) atoms. The highest BCUT2D eigenvalue weighted by Crippen LogP contribution is 2.17. The standard InChI is InChI=1S/C16H19BrFN3O/c1-10(9-21-12(3)6-11(2)20-21)8-19-16(22)14-7-13(18)4-5-15(14)17/h4-7,10H,8-9H2,1-3H3,(H,19,22)/t10-/m1/s1. The summed E-state index contributed by atoms with van der Waals surface area (Å²) in [5.41, 5.74) is 2.39. The Balaban J connectivity index is 1.93. The van der Waals surface area contributed by atoms with Crippen molar-refractivity contribution in [2.75, 3.05) is 6.54 Å². The number of carbonyl (C=O) groups is 1. The fourth-order valence-corrected chi connectivity index (χ4v) is 2.68. The Kier molecular flexibility index (Phi) is 5.34. The highest BCUT2D eigenvalue weighted by atomic mass is 79.9. The van der Waals surface area contributed by atoms with Gasteiger partial charge in [0.15, 0.2) is 0 Å². The Hall–Kier alpha value is -1.69. The van der Waals surface area contributed by atoms with Crippen molar-refractivity contribution in [2.24, 2.45) is 5.92 Å². The number of halogens is 2. The number of amides is 1. The van der Waals surface area contributed by atoms with Gasteiger partial charge in [0.25, 0.3) is 5.91 Å². The van der Waals surface area contributed by atoms with E-state index in [1.807, 2.05) is 31.5 Å². The molecule has 6 heteroatoms. The van der Waals surface area contributed by atoms with E-state index in [-0.39, 0.29) is 11.8 Å². The third-order valence-electron chi connectivity index (χ3n) is 3.37. The second-order valence-corrected chi connectivity index (χ2v) is 6.40. The molecule has 0 spiro atoms. The molecule has 1 atom stereocenters. The molecule has 2 aromatic rings. The number of aryl methyl sites for hydroxylation is 2.